The van der Waals surface area contributed by atoms with Crippen molar-refractivity contribution >= 4 is 9.73 Å². The zero-order valence-corrected chi connectivity index (χ0v) is 13.4. The minimum Gasteiger partial charge on any atom is -0.372 e. The molecule has 2 aliphatic heterocycles. The smallest absolute Gasteiger partial charge is 0.0827 e. The van der Waals surface area contributed by atoms with Crippen LogP contribution in [0.3, 0.4) is 0 Å². The fourth-order valence-corrected chi connectivity index (χ4v) is 4.91. The zero-order chi connectivity index (χ0) is 13.9. The van der Waals surface area contributed by atoms with Gasteiger partial charge in [0.15, 0.2) is 0 Å². The molecule has 0 aromatic heterocycles. The maximum absolute atomic E-state index is 12.3. The molecule has 1 spiro atoms. The lowest BCUT2D eigenvalue weighted by Crippen LogP contribution is -2.55. The van der Waals surface area contributed by atoms with Crippen LogP contribution in [0.5, 0.6) is 0 Å². The van der Waals surface area contributed by atoms with Crippen LogP contribution in [-0.2, 0) is 14.5 Å². The van der Waals surface area contributed by atoms with Gasteiger partial charge < -0.3 is 4.74 Å². The van der Waals surface area contributed by atoms with E-state index in [9.17, 15) is 4.21 Å². The van der Waals surface area contributed by atoms with Gasteiger partial charge in [-0.15, -0.1) is 0 Å². The van der Waals surface area contributed by atoms with Crippen LogP contribution in [0.4, 0.5) is 0 Å². The predicted octanol–water partition coefficient (Wildman–Crippen LogP) is 2.00. The van der Waals surface area contributed by atoms with Gasteiger partial charge in [-0.25, -0.2) is 8.57 Å². The van der Waals surface area contributed by atoms with Crippen molar-refractivity contribution in [3.63, 3.8) is 0 Å². The molecule has 0 amide bonds. The molecule has 2 heterocycles. The fourth-order valence-electron chi connectivity index (χ4n) is 2.96. The van der Waals surface area contributed by atoms with Gasteiger partial charge in [-0.1, -0.05) is 13.8 Å². The maximum Gasteiger partial charge on any atom is 0.0827 e. The molecule has 0 unspecified atom stereocenters. The van der Waals surface area contributed by atoms with Crippen LogP contribution in [-0.4, -0.2) is 59.5 Å². The second-order valence-electron chi connectivity index (χ2n) is 6.35. The van der Waals surface area contributed by atoms with Gasteiger partial charge in [0.2, 0.25) is 0 Å². The number of rotatable bonds is 3. The number of ether oxygens (including phenoxy) is 1. The first-order valence-corrected chi connectivity index (χ1v) is 9.29. The molecule has 0 aliphatic carbocycles. The Kier molecular flexibility index (Phi) is 4.90. The highest BCUT2D eigenvalue weighted by atomic mass is 32.2. The molecule has 4 nitrogen and oxygen atoms in total. The Labute approximate surface area is 118 Å². The minimum atomic E-state index is -1.92. The molecule has 0 aromatic carbocycles. The summed E-state index contributed by atoms with van der Waals surface area (Å²) in [4.78, 5) is 2.53. The lowest BCUT2D eigenvalue weighted by Gasteiger charge is -2.45. The highest BCUT2D eigenvalue weighted by Crippen LogP contribution is 2.32. The third-order valence-electron chi connectivity index (χ3n) is 4.44. The van der Waals surface area contributed by atoms with E-state index in [1.807, 2.05) is 0 Å². The molecule has 2 fully saturated rings. The molecule has 5 heteroatoms. The van der Waals surface area contributed by atoms with E-state index in [4.69, 9.17) is 4.74 Å². The van der Waals surface area contributed by atoms with Gasteiger partial charge in [0.1, 0.15) is 0 Å². The van der Waals surface area contributed by atoms with Crippen molar-refractivity contribution in [3.05, 3.63) is 0 Å². The summed E-state index contributed by atoms with van der Waals surface area (Å²) in [6.07, 6.45) is 3.06. The average molecular weight is 288 g/mol. The Bertz CT molecular complexity index is 400. The Morgan fingerprint density at radius 1 is 1.37 bits per heavy atom. The van der Waals surface area contributed by atoms with Crippen molar-refractivity contribution in [1.82, 2.24) is 4.90 Å². The lowest BCUT2D eigenvalue weighted by molar-refractivity contribution is -0.114. The molecule has 0 radical (unpaired) electrons. The fraction of sp³-hybridized carbons (Fsp3) is 1.00. The summed E-state index contributed by atoms with van der Waals surface area (Å²) >= 11 is 0. The van der Waals surface area contributed by atoms with Crippen LogP contribution in [0.1, 0.15) is 33.1 Å². The first kappa shape index (κ1) is 15.3. The molecule has 2 saturated heterocycles. The van der Waals surface area contributed by atoms with E-state index >= 15 is 0 Å². The van der Waals surface area contributed by atoms with Crippen LogP contribution in [0.15, 0.2) is 4.36 Å². The van der Waals surface area contributed by atoms with Gasteiger partial charge in [0.05, 0.1) is 12.2 Å². The molecule has 0 saturated carbocycles. The molecule has 0 atom stereocenters. The van der Waals surface area contributed by atoms with Gasteiger partial charge in [-0.3, -0.25) is 4.90 Å². The van der Waals surface area contributed by atoms with Crippen LogP contribution in [0, 0.1) is 5.92 Å². The van der Waals surface area contributed by atoms with Gasteiger partial charge in [0, 0.05) is 41.4 Å². The Morgan fingerprint density at radius 3 is 2.63 bits per heavy atom. The molecular weight excluding hydrogens is 260 g/mol. The summed E-state index contributed by atoms with van der Waals surface area (Å²) < 4.78 is 22.4. The van der Waals surface area contributed by atoms with E-state index < -0.39 is 9.73 Å². The average Bonchev–Trinajstić information content (AvgIpc) is 2.41. The van der Waals surface area contributed by atoms with Crippen molar-refractivity contribution in [2.24, 2.45) is 10.3 Å². The predicted molar refractivity (Wildman–Crippen MR) is 80.0 cm³/mol. The van der Waals surface area contributed by atoms with Crippen molar-refractivity contribution in [2.75, 3.05) is 44.8 Å². The van der Waals surface area contributed by atoms with Crippen LogP contribution < -0.4 is 0 Å². The summed E-state index contributed by atoms with van der Waals surface area (Å²) in [5.74, 6) is 2.17. The third-order valence-corrected chi connectivity index (χ3v) is 6.79. The van der Waals surface area contributed by atoms with Crippen LogP contribution in [0.25, 0.3) is 0 Å². The number of morpholine rings is 1. The largest absolute Gasteiger partial charge is 0.372 e. The van der Waals surface area contributed by atoms with Crippen molar-refractivity contribution in [2.45, 2.75) is 38.7 Å². The molecule has 2 aliphatic rings. The molecule has 112 valence electrons. The minimum absolute atomic E-state index is 0.0408. The zero-order valence-electron chi connectivity index (χ0n) is 12.6. The monoisotopic (exact) mass is 288 g/mol. The summed E-state index contributed by atoms with van der Waals surface area (Å²) in [6.45, 7) is 8.59. The van der Waals surface area contributed by atoms with Gasteiger partial charge >= 0.3 is 0 Å². The van der Waals surface area contributed by atoms with Crippen molar-refractivity contribution < 1.29 is 8.95 Å². The summed E-state index contributed by atoms with van der Waals surface area (Å²) in [7, 11) is -0.229. The first-order chi connectivity index (χ1) is 8.97. The normalized spacial score (nSPS) is 36.8. The maximum atomic E-state index is 12.3. The Morgan fingerprint density at radius 2 is 2.05 bits per heavy atom. The van der Waals surface area contributed by atoms with E-state index in [0.717, 1.165) is 45.0 Å². The van der Waals surface area contributed by atoms with Crippen LogP contribution in [0.2, 0.25) is 0 Å². The van der Waals surface area contributed by atoms with Gasteiger partial charge in [-0.2, -0.15) is 0 Å². The van der Waals surface area contributed by atoms with E-state index in [2.05, 4.69) is 23.1 Å². The summed E-state index contributed by atoms with van der Waals surface area (Å²) in [5.41, 5.74) is -0.0408. The third kappa shape index (κ3) is 3.92. The second kappa shape index (κ2) is 6.10. The van der Waals surface area contributed by atoms with Gasteiger partial charge in [0.25, 0.3) is 0 Å². The molecule has 0 N–H and O–H groups in total. The Hall–Kier alpha value is -0.130. The van der Waals surface area contributed by atoms with E-state index in [-0.39, 0.29) is 5.60 Å². The molecule has 0 aromatic rings. The highest BCUT2D eigenvalue weighted by molar-refractivity contribution is 7.93. The number of hydrogen-bond donors (Lipinski definition) is 0. The van der Waals surface area contributed by atoms with E-state index in [1.165, 1.54) is 6.42 Å². The lowest BCUT2D eigenvalue weighted by atomic mass is 9.94. The summed E-state index contributed by atoms with van der Waals surface area (Å²) in [6, 6.07) is 0. The van der Waals surface area contributed by atoms with Crippen LogP contribution >= 0.6 is 0 Å². The Balaban J connectivity index is 1.92. The number of nitrogens with zero attached hydrogens (tertiary/aromatic N) is 2. The quantitative estimate of drug-likeness (QED) is 0.797. The van der Waals surface area contributed by atoms with Crippen molar-refractivity contribution in [3.8, 4) is 0 Å². The molecular formula is C14H28N2O2S. The molecule has 2 rings (SSSR count). The summed E-state index contributed by atoms with van der Waals surface area (Å²) in [5, 5.41) is 0. The molecule has 0 bridgehead atoms. The standard InChI is InChI=1S/C14H28N2O2S/c1-13(2)4-7-16-8-9-18-14(12-16)5-10-19(17,15-3)11-6-14/h13H,4-12H2,1-3H3. The first-order valence-electron chi connectivity index (χ1n) is 7.44. The molecule has 19 heavy (non-hydrogen) atoms. The van der Waals surface area contributed by atoms with E-state index in [0.29, 0.717) is 11.5 Å². The van der Waals surface area contributed by atoms with Crippen molar-refractivity contribution in [1.29, 1.82) is 0 Å². The number of hydrogen-bond acceptors (Lipinski definition) is 4. The second-order valence-corrected chi connectivity index (χ2v) is 9.08. The SMILES string of the molecule is CN=S1(=O)CCC2(CC1)CN(CCC(C)C)CCO2. The topological polar surface area (TPSA) is 41.9 Å². The van der Waals surface area contributed by atoms with E-state index in [1.54, 1.807) is 7.05 Å². The highest BCUT2D eigenvalue weighted by Gasteiger charge is 2.40. The van der Waals surface area contributed by atoms with Gasteiger partial charge in [-0.05, 0) is 31.7 Å².